The number of aromatic nitrogens is 6. The van der Waals surface area contributed by atoms with Crippen LogP contribution in [-0.4, -0.2) is 46.0 Å². The number of hydrogen-bond acceptors (Lipinski definition) is 5. The first-order chi connectivity index (χ1) is 17.6. The van der Waals surface area contributed by atoms with E-state index in [4.69, 9.17) is 5.11 Å². The molecular formula is C27H26N6O3. The minimum Gasteiger partial charge on any atom is -0.478 e. The molecule has 0 spiro atoms. The van der Waals surface area contributed by atoms with Crippen molar-refractivity contribution in [3.05, 3.63) is 115 Å². The van der Waals surface area contributed by atoms with E-state index in [0.29, 0.717) is 6.42 Å². The number of carbonyl (C=O) groups excluding carboxylic acids is 1. The van der Waals surface area contributed by atoms with Gasteiger partial charge in [-0.1, -0.05) is 0 Å². The van der Waals surface area contributed by atoms with Gasteiger partial charge in [0.15, 0.2) is 5.78 Å². The second-order valence-corrected chi connectivity index (χ2v) is 7.98. The maximum atomic E-state index is 12.2. The van der Waals surface area contributed by atoms with Gasteiger partial charge in [-0.05, 0) is 73.5 Å². The zero-order chi connectivity index (χ0) is 25.2. The molecule has 5 rings (SSSR count). The third kappa shape index (κ3) is 6.63. The van der Waals surface area contributed by atoms with Gasteiger partial charge in [0, 0.05) is 55.7 Å². The van der Waals surface area contributed by atoms with Crippen LogP contribution >= 0.6 is 0 Å². The van der Waals surface area contributed by atoms with Gasteiger partial charge < -0.3 is 9.67 Å². The highest BCUT2D eigenvalue weighted by Gasteiger charge is 2.06. The predicted molar refractivity (Wildman–Crippen MR) is 134 cm³/mol. The Balaban J connectivity index is 0.000000187. The van der Waals surface area contributed by atoms with Crippen molar-refractivity contribution in [3.8, 4) is 11.4 Å². The van der Waals surface area contributed by atoms with Crippen molar-refractivity contribution in [3.63, 3.8) is 0 Å². The number of Topliss-reactive ketones (excluding diaryl/α,β-unsaturated/α-hetero) is 1. The number of carboxylic acid groups (broad SMARTS) is 1. The summed E-state index contributed by atoms with van der Waals surface area (Å²) in [4.78, 5) is 26.7. The molecule has 0 unspecified atom stereocenters. The molecule has 0 atom stereocenters. The van der Waals surface area contributed by atoms with Crippen LogP contribution in [0, 0.1) is 0 Å². The van der Waals surface area contributed by atoms with Crippen LogP contribution in [0.2, 0.25) is 0 Å². The molecule has 0 aliphatic rings. The molecule has 0 fully saturated rings. The van der Waals surface area contributed by atoms with E-state index in [1.165, 1.54) is 0 Å². The Morgan fingerprint density at radius 2 is 1.31 bits per heavy atom. The number of ketones is 1. The normalized spacial score (nSPS) is 10.4. The fourth-order valence-corrected chi connectivity index (χ4v) is 3.54. The quantitative estimate of drug-likeness (QED) is 0.241. The van der Waals surface area contributed by atoms with Crippen LogP contribution in [0.25, 0.3) is 11.4 Å². The molecule has 0 aliphatic heterocycles. The molecule has 0 saturated heterocycles. The Labute approximate surface area is 208 Å². The second kappa shape index (κ2) is 12.1. The zero-order valence-electron chi connectivity index (χ0n) is 19.6. The summed E-state index contributed by atoms with van der Waals surface area (Å²) in [5.41, 5.74) is 2.85. The van der Waals surface area contributed by atoms with Crippen molar-refractivity contribution in [1.29, 1.82) is 0 Å². The van der Waals surface area contributed by atoms with E-state index in [1.54, 1.807) is 64.7 Å². The van der Waals surface area contributed by atoms with Gasteiger partial charge in [0.2, 0.25) is 0 Å². The summed E-state index contributed by atoms with van der Waals surface area (Å²) in [6.07, 6.45) is 15.0. The van der Waals surface area contributed by atoms with Crippen molar-refractivity contribution in [2.45, 2.75) is 25.8 Å². The summed E-state index contributed by atoms with van der Waals surface area (Å²) in [6, 6.07) is 17.8. The Bertz CT molecular complexity index is 1340. The van der Waals surface area contributed by atoms with Gasteiger partial charge in [0.25, 0.3) is 0 Å². The minimum absolute atomic E-state index is 0.192. The molecular weight excluding hydrogens is 456 g/mol. The molecule has 0 aliphatic carbocycles. The van der Waals surface area contributed by atoms with Gasteiger partial charge >= 0.3 is 5.97 Å². The highest BCUT2D eigenvalue weighted by atomic mass is 16.4. The van der Waals surface area contributed by atoms with E-state index in [9.17, 15) is 9.59 Å². The van der Waals surface area contributed by atoms with E-state index in [-0.39, 0.29) is 11.3 Å². The number of imidazole rings is 1. The molecule has 3 heterocycles. The molecule has 2 aromatic carbocycles. The van der Waals surface area contributed by atoms with Crippen LogP contribution in [0.15, 0.2) is 104 Å². The van der Waals surface area contributed by atoms with E-state index in [0.717, 1.165) is 36.3 Å². The number of aromatic carboxylic acids is 1. The highest BCUT2D eigenvalue weighted by molar-refractivity contribution is 5.96. The topological polar surface area (TPSA) is 108 Å². The highest BCUT2D eigenvalue weighted by Crippen LogP contribution is 2.12. The summed E-state index contributed by atoms with van der Waals surface area (Å²) in [5, 5.41) is 16.9. The predicted octanol–water partition coefficient (Wildman–Crippen LogP) is 4.69. The number of rotatable bonds is 9. The van der Waals surface area contributed by atoms with Crippen molar-refractivity contribution in [1.82, 2.24) is 29.1 Å². The molecule has 9 nitrogen and oxygen atoms in total. The largest absolute Gasteiger partial charge is 0.478 e. The fraction of sp³-hybridized carbons (Fsp3) is 0.148. The molecule has 182 valence electrons. The SMILES string of the molecule is O=C(CCCCn1ccnc1)c1ccc(-n2cccn2)cc1.O=C(O)c1ccc(-n2cccn2)cc1. The minimum atomic E-state index is -0.919. The lowest BCUT2D eigenvalue weighted by Crippen LogP contribution is -2.02. The maximum absolute atomic E-state index is 12.2. The van der Waals surface area contributed by atoms with Crippen LogP contribution in [-0.2, 0) is 6.54 Å². The molecule has 9 heteroatoms. The lowest BCUT2D eigenvalue weighted by atomic mass is 10.1. The van der Waals surface area contributed by atoms with Crippen LogP contribution in [0.1, 0.15) is 40.0 Å². The number of benzene rings is 2. The van der Waals surface area contributed by atoms with Crippen LogP contribution in [0.4, 0.5) is 0 Å². The number of unbranched alkanes of at least 4 members (excludes halogenated alkanes) is 1. The first-order valence-corrected chi connectivity index (χ1v) is 11.5. The van der Waals surface area contributed by atoms with Crippen LogP contribution in [0.3, 0.4) is 0 Å². The summed E-state index contributed by atoms with van der Waals surface area (Å²) in [7, 11) is 0. The summed E-state index contributed by atoms with van der Waals surface area (Å²) < 4.78 is 5.48. The average molecular weight is 483 g/mol. The maximum Gasteiger partial charge on any atom is 0.335 e. The van der Waals surface area contributed by atoms with Crippen molar-refractivity contribution >= 4 is 11.8 Å². The van der Waals surface area contributed by atoms with Crippen LogP contribution < -0.4 is 0 Å². The average Bonchev–Trinajstić information content (AvgIpc) is 3.71. The first kappa shape index (κ1) is 24.3. The lowest BCUT2D eigenvalue weighted by Gasteiger charge is -2.05. The zero-order valence-corrected chi connectivity index (χ0v) is 19.6. The van der Waals surface area contributed by atoms with E-state index < -0.39 is 5.97 Å². The van der Waals surface area contributed by atoms with E-state index in [1.807, 2.05) is 53.4 Å². The monoisotopic (exact) mass is 482 g/mol. The summed E-state index contributed by atoms with van der Waals surface area (Å²) in [5.74, 6) is -0.727. The van der Waals surface area contributed by atoms with Gasteiger partial charge in [-0.2, -0.15) is 10.2 Å². The number of carbonyl (C=O) groups is 2. The number of carboxylic acids is 1. The van der Waals surface area contributed by atoms with Crippen molar-refractivity contribution in [2.75, 3.05) is 0 Å². The Morgan fingerprint density at radius 3 is 1.78 bits per heavy atom. The van der Waals surface area contributed by atoms with Gasteiger partial charge in [-0.3, -0.25) is 4.79 Å². The van der Waals surface area contributed by atoms with Gasteiger partial charge in [0.1, 0.15) is 0 Å². The number of hydrogen-bond donors (Lipinski definition) is 1. The Hall–Kier alpha value is -4.79. The van der Waals surface area contributed by atoms with Crippen molar-refractivity contribution < 1.29 is 14.7 Å². The molecule has 0 amide bonds. The van der Waals surface area contributed by atoms with Gasteiger partial charge in [-0.25, -0.2) is 19.1 Å². The first-order valence-electron chi connectivity index (χ1n) is 11.5. The molecule has 0 saturated carbocycles. The van der Waals surface area contributed by atoms with Crippen LogP contribution in [0.5, 0.6) is 0 Å². The van der Waals surface area contributed by atoms with Gasteiger partial charge in [0.05, 0.1) is 23.3 Å². The number of nitrogens with zero attached hydrogens (tertiary/aromatic N) is 6. The molecule has 0 bridgehead atoms. The van der Waals surface area contributed by atoms with Crippen molar-refractivity contribution in [2.24, 2.45) is 0 Å². The second-order valence-electron chi connectivity index (χ2n) is 7.98. The lowest BCUT2D eigenvalue weighted by molar-refractivity contribution is 0.0696. The standard InChI is InChI=1S/C17H18N4O.C10H8N2O2/c22-17(4-1-2-11-20-13-10-18-14-20)15-5-7-16(8-6-15)21-12-3-9-19-21;13-10(14)8-2-4-9(5-3-8)12-7-1-6-11-12/h3,5-10,12-14H,1-2,4,11H2;1-7H,(H,13,14). The molecule has 36 heavy (non-hydrogen) atoms. The summed E-state index contributed by atoms with van der Waals surface area (Å²) >= 11 is 0. The molecule has 1 N–H and O–H groups in total. The third-order valence-electron chi connectivity index (χ3n) is 5.47. The Morgan fingerprint density at radius 1 is 0.722 bits per heavy atom. The van der Waals surface area contributed by atoms with Gasteiger partial charge in [-0.15, -0.1) is 0 Å². The molecule has 0 radical (unpaired) electrons. The van der Waals surface area contributed by atoms with E-state index in [2.05, 4.69) is 15.2 Å². The third-order valence-corrected chi connectivity index (χ3v) is 5.47. The molecule has 5 aromatic rings. The fourth-order valence-electron chi connectivity index (χ4n) is 3.54. The molecule has 3 aromatic heterocycles. The number of aryl methyl sites for hydroxylation is 1. The van der Waals surface area contributed by atoms with E-state index >= 15 is 0 Å². The Kier molecular flexibility index (Phi) is 8.16. The summed E-state index contributed by atoms with van der Waals surface area (Å²) in [6.45, 7) is 0.908. The smallest absolute Gasteiger partial charge is 0.335 e.